The predicted molar refractivity (Wildman–Crippen MR) is 131 cm³/mol. The Bertz CT molecular complexity index is 908. The Balaban J connectivity index is 1.54. The van der Waals surface area contributed by atoms with Crippen LogP contribution in [0.25, 0.3) is 21.8 Å². The number of hydrogen-bond donors (Lipinski definition) is 2. The van der Waals surface area contributed by atoms with Gasteiger partial charge in [-0.25, -0.2) is 0 Å². The molecule has 150 valence electrons. The topological polar surface area (TPSA) is 51.9 Å². The van der Waals surface area contributed by atoms with E-state index < -0.39 is 6.10 Å². The summed E-state index contributed by atoms with van der Waals surface area (Å²) >= 11 is 4.72. The zero-order valence-corrected chi connectivity index (χ0v) is 20.0. The van der Waals surface area contributed by atoms with Crippen LogP contribution in [0.3, 0.4) is 0 Å². The number of benzene rings is 2. The van der Waals surface area contributed by atoms with Crippen LogP contribution in [-0.2, 0) is 6.54 Å². The fraction of sp³-hybridized carbons (Fsp3) is 0.429. The lowest BCUT2D eigenvalue weighted by atomic mass is 10.2. The smallest absolute Gasteiger partial charge is 0.0845 e. The summed E-state index contributed by atoms with van der Waals surface area (Å²) in [5.74, 6) is 0. The van der Waals surface area contributed by atoms with Gasteiger partial charge in [0.25, 0.3) is 0 Å². The van der Waals surface area contributed by atoms with Gasteiger partial charge in [-0.3, -0.25) is 9.80 Å². The van der Waals surface area contributed by atoms with Crippen molar-refractivity contribution in [2.45, 2.75) is 12.6 Å². The van der Waals surface area contributed by atoms with Gasteiger partial charge < -0.3 is 14.8 Å². The Hall–Kier alpha value is -0.460. The van der Waals surface area contributed by atoms with E-state index in [0.29, 0.717) is 13.1 Å². The Morgan fingerprint density at radius 1 is 0.821 bits per heavy atom. The highest BCUT2D eigenvalue weighted by Gasteiger charge is 2.20. The van der Waals surface area contributed by atoms with Gasteiger partial charge in [-0.05, 0) is 81.6 Å². The third-order valence-corrected chi connectivity index (χ3v) is 6.87. The lowest BCUT2D eigenvalue weighted by Crippen LogP contribution is -2.49. The van der Waals surface area contributed by atoms with Crippen molar-refractivity contribution in [3.05, 3.63) is 43.5 Å². The summed E-state index contributed by atoms with van der Waals surface area (Å²) in [6.07, 6.45) is -0.415. The Labute approximate surface area is 192 Å². The van der Waals surface area contributed by atoms with E-state index in [0.717, 1.165) is 32.7 Å². The fourth-order valence-corrected chi connectivity index (χ4v) is 5.13. The van der Waals surface area contributed by atoms with Crippen LogP contribution >= 0.6 is 45.2 Å². The Morgan fingerprint density at radius 2 is 1.36 bits per heavy atom. The summed E-state index contributed by atoms with van der Waals surface area (Å²) in [5.41, 5.74) is 2.37. The van der Waals surface area contributed by atoms with E-state index in [-0.39, 0.29) is 6.61 Å². The number of halogens is 2. The normalized spacial score (nSPS) is 17.6. The van der Waals surface area contributed by atoms with Crippen molar-refractivity contribution < 1.29 is 10.2 Å². The molecule has 0 bridgehead atoms. The molecule has 1 fully saturated rings. The van der Waals surface area contributed by atoms with Crippen LogP contribution in [0.5, 0.6) is 0 Å². The third-order valence-electron chi connectivity index (χ3n) is 5.53. The first kappa shape index (κ1) is 20.8. The monoisotopic (exact) mass is 605 g/mol. The molecule has 1 atom stereocenters. The van der Waals surface area contributed by atoms with Crippen LogP contribution in [0, 0.1) is 7.14 Å². The third kappa shape index (κ3) is 4.49. The molecule has 2 heterocycles. The van der Waals surface area contributed by atoms with Gasteiger partial charge in [0, 0.05) is 68.2 Å². The van der Waals surface area contributed by atoms with Crippen molar-refractivity contribution >= 4 is 67.0 Å². The molecule has 1 aliphatic heterocycles. The minimum Gasteiger partial charge on any atom is -0.395 e. The van der Waals surface area contributed by atoms with Crippen LogP contribution in [0.2, 0.25) is 0 Å². The van der Waals surface area contributed by atoms with Gasteiger partial charge in [0.1, 0.15) is 0 Å². The molecular formula is C21H25I2N3O2. The van der Waals surface area contributed by atoms with E-state index in [2.05, 4.69) is 95.9 Å². The quantitative estimate of drug-likeness (QED) is 0.425. The number of aliphatic hydroxyl groups excluding tert-OH is 2. The van der Waals surface area contributed by atoms with Crippen molar-refractivity contribution in [1.29, 1.82) is 0 Å². The van der Waals surface area contributed by atoms with Crippen molar-refractivity contribution in [2.75, 3.05) is 45.9 Å². The zero-order valence-electron chi connectivity index (χ0n) is 15.7. The molecule has 1 aliphatic rings. The Kier molecular flexibility index (Phi) is 6.78. The first-order valence-electron chi connectivity index (χ1n) is 9.66. The summed E-state index contributed by atoms with van der Waals surface area (Å²) in [6.45, 7) is 6.05. The SMILES string of the molecule is OCCN1CCN(CC(O)Cn2c3ccc(I)cc3c3cc(I)ccc32)CC1. The molecule has 0 radical (unpaired) electrons. The van der Waals surface area contributed by atoms with E-state index in [1.807, 2.05) is 0 Å². The molecule has 0 aliphatic carbocycles. The van der Waals surface area contributed by atoms with Gasteiger partial charge in [-0.15, -0.1) is 0 Å². The van der Waals surface area contributed by atoms with E-state index in [4.69, 9.17) is 5.11 Å². The van der Waals surface area contributed by atoms with Crippen molar-refractivity contribution in [3.8, 4) is 0 Å². The minimum atomic E-state index is -0.415. The predicted octanol–water partition coefficient (Wildman–Crippen LogP) is 2.97. The first-order chi connectivity index (χ1) is 13.5. The molecule has 1 saturated heterocycles. The van der Waals surface area contributed by atoms with Crippen LogP contribution in [-0.4, -0.2) is 76.6 Å². The highest BCUT2D eigenvalue weighted by Crippen LogP contribution is 2.31. The maximum atomic E-state index is 10.9. The molecule has 5 nitrogen and oxygen atoms in total. The number of rotatable bonds is 6. The average molecular weight is 605 g/mol. The van der Waals surface area contributed by atoms with Gasteiger partial charge in [0.05, 0.1) is 19.3 Å². The number of fused-ring (bicyclic) bond motifs is 3. The average Bonchev–Trinajstić information content (AvgIpc) is 2.96. The van der Waals surface area contributed by atoms with Crippen molar-refractivity contribution in [3.63, 3.8) is 0 Å². The van der Waals surface area contributed by atoms with E-state index in [1.54, 1.807) is 0 Å². The highest BCUT2D eigenvalue weighted by molar-refractivity contribution is 14.1. The van der Waals surface area contributed by atoms with Crippen LogP contribution in [0.1, 0.15) is 0 Å². The molecule has 0 saturated carbocycles. The number of aromatic nitrogens is 1. The van der Waals surface area contributed by atoms with Gasteiger partial charge in [0.15, 0.2) is 0 Å². The summed E-state index contributed by atoms with van der Waals surface area (Å²) in [4.78, 5) is 4.61. The number of hydrogen-bond acceptors (Lipinski definition) is 4. The number of piperazine rings is 1. The fourth-order valence-electron chi connectivity index (χ4n) is 4.15. The van der Waals surface area contributed by atoms with Crippen molar-refractivity contribution in [2.24, 2.45) is 0 Å². The molecule has 28 heavy (non-hydrogen) atoms. The summed E-state index contributed by atoms with van der Waals surface area (Å²) in [5, 5.41) is 22.4. The van der Waals surface area contributed by atoms with Gasteiger partial charge in [0.2, 0.25) is 0 Å². The number of β-amino-alcohol motifs (C(OH)–C–C–N with tert-alkyl or cyclic N) is 2. The van der Waals surface area contributed by atoms with Crippen molar-refractivity contribution in [1.82, 2.24) is 14.4 Å². The van der Waals surface area contributed by atoms with Gasteiger partial charge >= 0.3 is 0 Å². The largest absolute Gasteiger partial charge is 0.395 e. The lowest BCUT2D eigenvalue weighted by molar-refractivity contribution is 0.0601. The van der Waals surface area contributed by atoms with Crippen LogP contribution in [0.15, 0.2) is 36.4 Å². The second-order valence-electron chi connectivity index (χ2n) is 7.45. The number of nitrogens with zero attached hydrogens (tertiary/aromatic N) is 3. The van der Waals surface area contributed by atoms with E-state index >= 15 is 0 Å². The van der Waals surface area contributed by atoms with E-state index in [1.165, 1.54) is 28.9 Å². The Morgan fingerprint density at radius 3 is 1.89 bits per heavy atom. The number of aliphatic hydroxyl groups is 2. The molecule has 1 aromatic heterocycles. The lowest BCUT2D eigenvalue weighted by Gasteiger charge is -2.35. The molecule has 4 rings (SSSR count). The van der Waals surface area contributed by atoms with Crippen LogP contribution in [0.4, 0.5) is 0 Å². The molecule has 1 unspecified atom stereocenters. The molecular weight excluding hydrogens is 580 g/mol. The summed E-state index contributed by atoms with van der Waals surface area (Å²) in [7, 11) is 0. The first-order valence-corrected chi connectivity index (χ1v) is 11.8. The second kappa shape index (κ2) is 9.13. The maximum Gasteiger partial charge on any atom is 0.0845 e. The highest BCUT2D eigenvalue weighted by atomic mass is 127. The molecule has 0 spiro atoms. The minimum absolute atomic E-state index is 0.217. The molecule has 3 aromatic rings. The molecule has 2 aromatic carbocycles. The van der Waals surface area contributed by atoms with E-state index in [9.17, 15) is 5.11 Å². The second-order valence-corrected chi connectivity index (χ2v) is 9.94. The van der Waals surface area contributed by atoms with Crippen LogP contribution < -0.4 is 0 Å². The summed E-state index contributed by atoms with van der Waals surface area (Å²) < 4.78 is 4.72. The molecule has 7 heteroatoms. The standard InChI is InChI=1S/C21H25I2N3O2/c22-15-1-3-20-18(11-15)19-12-16(23)2-4-21(19)26(20)14-17(28)13-25-7-5-24(6-8-25)9-10-27/h1-4,11-12,17,27-28H,5-10,13-14H2. The molecule has 2 N–H and O–H groups in total. The van der Waals surface area contributed by atoms with Gasteiger partial charge in [-0.2, -0.15) is 0 Å². The summed E-state index contributed by atoms with van der Waals surface area (Å²) in [6, 6.07) is 13.1. The van der Waals surface area contributed by atoms with Gasteiger partial charge in [-0.1, -0.05) is 0 Å². The maximum absolute atomic E-state index is 10.9. The molecule has 0 amide bonds. The zero-order chi connectivity index (χ0) is 19.7.